The Hall–Kier alpha value is -2.54. The lowest BCUT2D eigenvalue weighted by atomic mass is 9.73. The van der Waals surface area contributed by atoms with E-state index in [1.54, 1.807) is 0 Å². The number of rotatable bonds is 10. The van der Waals surface area contributed by atoms with E-state index in [1.807, 2.05) is 48.5 Å². The van der Waals surface area contributed by atoms with Crippen molar-refractivity contribution in [3.05, 3.63) is 83.5 Å². The second kappa shape index (κ2) is 10.6. The van der Waals surface area contributed by atoms with Crippen molar-refractivity contribution >= 4 is 0 Å². The molecule has 0 aliphatic heterocycles. The summed E-state index contributed by atoms with van der Waals surface area (Å²) in [5.74, 6) is 0.758. The van der Waals surface area contributed by atoms with Gasteiger partial charge in [-0.3, -0.25) is 0 Å². The summed E-state index contributed by atoms with van der Waals surface area (Å²) in [7, 11) is 4.22. The van der Waals surface area contributed by atoms with Gasteiger partial charge in [0.1, 0.15) is 6.54 Å². The number of quaternary nitrogens is 1. The maximum absolute atomic E-state index is 14.4. The van der Waals surface area contributed by atoms with Gasteiger partial charge in [-0.2, -0.15) is 4.98 Å². The Morgan fingerprint density at radius 1 is 1.00 bits per heavy atom. The molecule has 3 aromatic rings. The Morgan fingerprint density at radius 3 is 2.36 bits per heavy atom. The molecule has 6 heteroatoms. The van der Waals surface area contributed by atoms with Crippen LogP contribution in [0.25, 0.3) is 0 Å². The smallest absolute Gasteiger partial charge is 0.281 e. The van der Waals surface area contributed by atoms with Crippen molar-refractivity contribution in [2.24, 2.45) is 5.92 Å². The summed E-state index contributed by atoms with van der Waals surface area (Å²) in [6.07, 6.45) is 5.17. The lowest BCUT2D eigenvalue weighted by Crippen LogP contribution is -2.50. The van der Waals surface area contributed by atoms with Crippen LogP contribution in [-0.2, 0) is 23.5 Å². The first-order chi connectivity index (χ1) is 16.0. The number of ether oxygens (including phenoxy) is 1. The van der Waals surface area contributed by atoms with Crippen molar-refractivity contribution < 1.29 is 18.8 Å². The number of aromatic nitrogens is 2. The molecular weight excluding hydrogens is 414 g/mol. The van der Waals surface area contributed by atoms with E-state index in [9.17, 15) is 5.11 Å². The highest BCUT2D eigenvalue weighted by atomic mass is 16.5. The van der Waals surface area contributed by atoms with Crippen LogP contribution in [0.4, 0.5) is 0 Å². The SMILES string of the molecule is C[N+](C)(CCOCc1ccccc1)Cc1nc(C([O-])(c2ccccc2)C2CCCCC2)no1. The summed E-state index contributed by atoms with van der Waals surface area (Å²) in [6.45, 7) is 2.58. The van der Waals surface area contributed by atoms with Crippen LogP contribution < -0.4 is 5.11 Å². The maximum Gasteiger partial charge on any atom is 0.281 e. The van der Waals surface area contributed by atoms with Crippen molar-refractivity contribution in [2.75, 3.05) is 27.2 Å². The van der Waals surface area contributed by atoms with Gasteiger partial charge in [0.05, 0.1) is 27.3 Å². The topological polar surface area (TPSA) is 71.2 Å². The highest BCUT2D eigenvalue weighted by molar-refractivity contribution is 5.29. The average molecular weight is 450 g/mol. The molecule has 0 N–H and O–H groups in total. The molecule has 33 heavy (non-hydrogen) atoms. The zero-order chi connectivity index (χ0) is 23.2. The van der Waals surface area contributed by atoms with Crippen LogP contribution in [0.2, 0.25) is 0 Å². The van der Waals surface area contributed by atoms with Crippen LogP contribution in [0, 0.1) is 5.92 Å². The number of likely N-dealkylation sites (N-methyl/N-ethyl adjacent to an activating group) is 1. The number of benzene rings is 2. The van der Waals surface area contributed by atoms with Gasteiger partial charge < -0.3 is 18.8 Å². The third-order valence-electron chi connectivity index (χ3n) is 6.70. The van der Waals surface area contributed by atoms with Gasteiger partial charge in [-0.1, -0.05) is 103 Å². The Kier molecular flexibility index (Phi) is 7.58. The van der Waals surface area contributed by atoms with E-state index in [1.165, 1.54) is 12.0 Å². The fraction of sp³-hybridized carbons (Fsp3) is 0.481. The predicted molar refractivity (Wildman–Crippen MR) is 125 cm³/mol. The molecule has 1 unspecified atom stereocenters. The zero-order valence-corrected chi connectivity index (χ0v) is 19.8. The largest absolute Gasteiger partial charge is 0.840 e. The average Bonchev–Trinajstić information content (AvgIpc) is 3.31. The first-order valence-electron chi connectivity index (χ1n) is 12.0. The van der Waals surface area contributed by atoms with Crippen LogP contribution in [0.1, 0.15) is 54.9 Å². The molecule has 1 saturated carbocycles. The van der Waals surface area contributed by atoms with Crippen LogP contribution >= 0.6 is 0 Å². The summed E-state index contributed by atoms with van der Waals surface area (Å²) in [5.41, 5.74) is 0.423. The lowest BCUT2D eigenvalue weighted by Gasteiger charge is -2.46. The van der Waals surface area contributed by atoms with Gasteiger partial charge in [-0.25, -0.2) is 0 Å². The van der Waals surface area contributed by atoms with E-state index >= 15 is 0 Å². The molecule has 1 aliphatic carbocycles. The van der Waals surface area contributed by atoms with Crippen molar-refractivity contribution in [3.63, 3.8) is 0 Å². The summed E-state index contributed by atoms with van der Waals surface area (Å²) in [4.78, 5) is 4.65. The minimum absolute atomic E-state index is 0.0204. The normalized spacial score (nSPS) is 17.1. The highest BCUT2D eigenvalue weighted by Gasteiger charge is 2.36. The van der Waals surface area contributed by atoms with Crippen molar-refractivity contribution in [1.29, 1.82) is 0 Å². The molecule has 2 aromatic carbocycles. The van der Waals surface area contributed by atoms with Gasteiger partial charge in [0.2, 0.25) is 0 Å². The van der Waals surface area contributed by atoms with E-state index in [4.69, 9.17) is 9.26 Å². The molecule has 0 saturated heterocycles. The van der Waals surface area contributed by atoms with E-state index in [2.05, 4.69) is 36.4 Å². The number of hydrogen-bond donors (Lipinski definition) is 0. The first kappa shape index (κ1) is 23.6. The molecule has 4 rings (SSSR count). The Morgan fingerprint density at radius 2 is 1.67 bits per heavy atom. The molecule has 0 spiro atoms. The molecule has 1 heterocycles. The molecule has 0 radical (unpaired) electrons. The molecule has 176 valence electrons. The van der Waals surface area contributed by atoms with Crippen molar-refractivity contribution in [2.45, 2.75) is 50.9 Å². The fourth-order valence-electron chi connectivity index (χ4n) is 4.73. The molecule has 1 fully saturated rings. The van der Waals surface area contributed by atoms with Crippen LogP contribution in [0.15, 0.2) is 65.2 Å². The Bertz CT molecular complexity index is 984. The number of hydrogen-bond acceptors (Lipinski definition) is 5. The standard InChI is InChI=1S/C27H35N3O3/c1-30(2,18-19-32-21-22-12-6-3-7-13-22)20-25-28-26(29-33-25)27(31,23-14-8-4-9-15-23)24-16-10-5-11-17-24/h3-4,6-9,12-15,24H,5,10-11,16-21H2,1-2H3. The van der Waals surface area contributed by atoms with Gasteiger partial charge in [-0.15, -0.1) is 0 Å². The van der Waals surface area contributed by atoms with Gasteiger partial charge >= 0.3 is 0 Å². The molecule has 1 atom stereocenters. The van der Waals surface area contributed by atoms with Crippen molar-refractivity contribution in [3.8, 4) is 0 Å². The molecule has 1 aromatic heterocycles. The zero-order valence-electron chi connectivity index (χ0n) is 19.8. The monoisotopic (exact) mass is 449 g/mol. The van der Waals surface area contributed by atoms with Gasteiger partial charge in [0.15, 0.2) is 12.4 Å². The summed E-state index contributed by atoms with van der Waals surface area (Å²) in [6, 6.07) is 19.8. The van der Waals surface area contributed by atoms with Gasteiger partial charge in [0.25, 0.3) is 5.89 Å². The van der Waals surface area contributed by atoms with E-state index < -0.39 is 5.60 Å². The third-order valence-corrected chi connectivity index (χ3v) is 6.70. The van der Waals surface area contributed by atoms with Crippen LogP contribution in [-0.4, -0.2) is 41.9 Å². The Balaban J connectivity index is 1.42. The Labute approximate surface area is 196 Å². The minimum atomic E-state index is -1.47. The molecule has 0 amide bonds. The summed E-state index contributed by atoms with van der Waals surface area (Å²) >= 11 is 0. The van der Waals surface area contributed by atoms with Gasteiger partial charge in [-0.05, 0) is 17.1 Å². The maximum atomic E-state index is 14.4. The molecule has 0 bridgehead atoms. The summed E-state index contributed by atoms with van der Waals surface area (Å²) in [5, 5.41) is 18.6. The van der Waals surface area contributed by atoms with Crippen LogP contribution in [0.5, 0.6) is 0 Å². The van der Waals surface area contributed by atoms with Crippen LogP contribution in [0.3, 0.4) is 0 Å². The van der Waals surface area contributed by atoms with Crippen molar-refractivity contribution in [1.82, 2.24) is 10.1 Å². The third kappa shape index (κ3) is 5.88. The van der Waals surface area contributed by atoms with Gasteiger partial charge in [0, 0.05) is 0 Å². The first-order valence-corrected chi connectivity index (χ1v) is 12.0. The molecule has 6 nitrogen and oxygen atoms in total. The number of nitrogens with zero attached hydrogens (tertiary/aromatic N) is 3. The minimum Gasteiger partial charge on any atom is -0.840 e. The molecular formula is C27H35N3O3. The lowest BCUT2D eigenvalue weighted by molar-refractivity contribution is -0.905. The van der Waals surface area contributed by atoms with E-state index in [0.29, 0.717) is 30.1 Å². The second-order valence-corrected chi connectivity index (χ2v) is 9.80. The highest BCUT2D eigenvalue weighted by Crippen LogP contribution is 2.40. The summed E-state index contributed by atoms with van der Waals surface area (Å²) < 4.78 is 12.1. The molecule has 1 aliphatic rings. The van der Waals surface area contributed by atoms with E-state index in [0.717, 1.165) is 37.8 Å². The second-order valence-electron chi connectivity index (χ2n) is 9.80. The quantitative estimate of drug-likeness (QED) is 0.345. The fourth-order valence-corrected chi connectivity index (χ4v) is 4.73. The van der Waals surface area contributed by atoms with E-state index in [-0.39, 0.29) is 11.7 Å². The predicted octanol–water partition coefficient (Wildman–Crippen LogP) is 4.05.